The Hall–Kier alpha value is -0.870. The molecule has 2 heterocycles. The molecule has 2 aromatic heterocycles. The van der Waals surface area contributed by atoms with Crippen LogP contribution in [0.3, 0.4) is 0 Å². The van der Waals surface area contributed by atoms with Crippen LogP contribution in [0, 0.1) is 0 Å². The topological polar surface area (TPSA) is 38.9 Å². The minimum Gasteiger partial charge on any atom is -0.375 e. The van der Waals surface area contributed by atoms with E-state index in [1.807, 2.05) is 0 Å². The van der Waals surface area contributed by atoms with E-state index in [0.29, 0.717) is 11.0 Å². The van der Waals surface area contributed by atoms with Crippen molar-refractivity contribution in [1.29, 1.82) is 0 Å². The van der Waals surface area contributed by atoms with Gasteiger partial charge in [0.1, 0.15) is 0 Å². The zero-order chi connectivity index (χ0) is 10.1. The van der Waals surface area contributed by atoms with E-state index in [2.05, 4.69) is 35.7 Å². The van der Waals surface area contributed by atoms with Crippen molar-refractivity contribution in [3.8, 4) is 11.3 Å². The first-order valence-corrected chi connectivity index (χ1v) is 6.23. The molecule has 2 rings (SSSR count). The molecule has 0 aliphatic carbocycles. The van der Waals surface area contributed by atoms with Crippen LogP contribution in [-0.2, 0) is 0 Å². The Bertz CT molecular complexity index is 415. The van der Waals surface area contributed by atoms with Crippen LogP contribution in [0.4, 0.5) is 5.13 Å². The molecule has 0 amide bonds. The average Bonchev–Trinajstić information content (AvgIpc) is 2.70. The lowest BCUT2D eigenvalue weighted by Crippen LogP contribution is -1.86. The number of nitrogens with zero attached hydrogens (tertiary/aromatic N) is 1. The maximum Gasteiger partial charge on any atom is 0.180 e. The van der Waals surface area contributed by atoms with Gasteiger partial charge in [-0.1, -0.05) is 13.8 Å². The molecule has 74 valence electrons. The molecule has 14 heavy (non-hydrogen) atoms. The normalized spacial score (nSPS) is 11.1. The van der Waals surface area contributed by atoms with E-state index >= 15 is 0 Å². The molecule has 0 spiro atoms. The summed E-state index contributed by atoms with van der Waals surface area (Å²) in [6.45, 7) is 4.34. The molecule has 2 nitrogen and oxygen atoms in total. The van der Waals surface area contributed by atoms with Gasteiger partial charge in [-0.05, 0) is 17.4 Å². The monoisotopic (exact) mass is 224 g/mol. The van der Waals surface area contributed by atoms with E-state index < -0.39 is 0 Å². The Labute approximate surface area is 91.4 Å². The van der Waals surface area contributed by atoms with Gasteiger partial charge in [0, 0.05) is 15.8 Å². The number of aromatic nitrogens is 1. The van der Waals surface area contributed by atoms with Gasteiger partial charge >= 0.3 is 0 Å². The molecule has 0 unspecified atom stereocenters. The fraction of sp³-hybridized carbons (Fsp3) is 0.300. The molecular weight excluding hydrogens is 212 g/mol. The molecule has 0 radical (unpaired) electrons. The Balaban J connectivity index is 2.52. The van der Waals surface area contributed by atoms with E-state index in [-0.39, 0.29) is 0 Å². The molecule has 0 aliphatic heterocycles. The highest BCUT2D eigenvalue weighted by molar-refractivity contribution is 7.16. The van der Waals surface area contributed by atoms with Gasteiger partial charge < -0.3 is 5.73 Å². The Kier molecular flexibility index (Phi) is 2.56. The van der Waals surface area contributed by atoms with Crippen molar-refractivity contribution in [2.75, 3.05) is 5.73 Å². The highest BCUT2D eigenvalue weighted by atomic mass is 32.1. The van der Waals surface area contributed by atoms with Gasteiger partial charge in [0.25, 0.3) is 0 Å². The minimum absolute atomic E-state index is 0.486. The van der Waals surface area contributed by atoms with E-state index in [9.17, 15) is 0 Å². The van der Waals surface area contributed by atoms with Crippen molar-refractivity contribution in [3.05, 3.63) is 21.7 Å². The van der Waals surface area contributed by atoms with Gasteiger partial charge in [0.2, 0.25) is 0 Å². The van der Waals surface area contributed by atoms with Crippen LogP contribution in [0.5, 0.6) is 0 Å². The number of thiophene rings is 1. The summed E-state index contributed by atoms with van der Waals surface area (Å²) >= 11 is 3.28. The summed E-state index contributed by atoms with van der Waals surface area (Å²) in [6.07, 6.45) is 0. The first-order valence-electron chi connectivity index (χ1n) is 4.47. The van der Waals surface area contributed by atoms with Crippen LogP contribution in [0.1, 0.15) is 24.6 Å². The lowest BCUT2D eigenvalue weighted by molar-refractivity contribution is 0.888. The molecule has 2 aromatic rings. The van der Waals surface area contributed by atoms with Crippen molar-refractivity contribution in [3.63, 3.8) is 0 Å². The second-order valence-corrected chi connectivity index (χ2v) is 5.27. The number of anilines is 1. The molecule has 0 saturated carbocycles. The van der Waals surface area contributed by atoms with Crippen molar-refractivity contribution in [2.24, 2.45) is 0 Å². The van der Waals surface area contributed by atoms with Crippen LogP contribution < -0.4 is 5.73 Å². The smallest absolute Gasteiger partial charge is 0.180 e. The summed E-state index contributed by atoms with van der Waals surface area (Å²) in [4.78, 5) is 5.66. The highest BCUT2D eigenvalue weighted by Gasteiger charge is 2.14. The summed E-state index contributed by atoms with van der Waals surface area (Å²) in [5.41, 5.74) is 7.98. The second-order valence-electron chi connectivity index (χ2n) is 3.43. The third kappa shape index (κ3) is 1.67. The number of nitrogen functional groups attached to an aromatic ring is 1. The number of thiazole rings is 1. The van der Waals surface area contributed by atoms with E-state index in [0.717, 1.165) is 5.69 Å². The third-order valence-corrected chi connectivity index (χ3v) is 3.86. The Morgan fingerprint density at radius 2 is 2.21 bits per heavy atom. The summed E-state index contributed by atoms with van der Waals surface area (Å²) in [5.74, 6) is 0.486. The summed E-state index contributed by atoms with van der Waals surface area (Å²) in [5, 5.41) is 4.84. The second kappa shape index (κ2) is 3.71. The lowest BCUT2D eigenvalue weighted by Gasteiger charge is -2.02. The first-order chi connectivity index (χ1) is 6.68. The number of rotatable bonds is 2. The fourth-order valence-electron chi connectivity index (χ4n) is 1.35. The number of nitrogens with two attached hydrogens (primary N) is 1. The predicted octanol–water partition coefficient (Wildman–Crippen LogP) is 3.58. The number of hydrogen-bond acceptors (Lipinski definition) is 4. The Morgan fingerprint density at radius 1 is 1.43 bits per heavy atom. The van der Waals surface area contributed by atoms with E-state index in [4.69, 9.17) is 5.73 Å². The van der Waals surface area contributed by atoms with Crippen LogP contribution in [0.2, 0.25) is 0 Å². The zero-order valence-electron chi connectivity index (χ0n) is 8.15. The van der Waals surface area contributed by atoms with Gasteiger partial charge in [0.15, 0.2) is 5.13 Å². The predicted molar refractivity (Wildman–Crippen MR) is 63.9 cm³/mol. The first kappa shape index (κ1) is 9.68. The van der Waals surface area contributed by atoms with Crippen molar-refractivity contribution < 1.29 is 0 Å². The van der Waals surface area contributed by atoms with Crippen molar-refractivity contribution in [2.45, 2.75) is 19.8 Å². The SMILES string of the molecule is CC(C)c1sc(N)nc1-c1ccsc1. The fourth-order valence-corrected chi connectivity index (χ4v) is 2.85. The quantitative estimate of drug-likeness (QED) is 0.846. The standard InChI is InChI=1S/C10H12N2S2/c1-6(2)9-8(12-10(11)14-9)7-3-4-13-5-7/h3-6H,1-2H3,(H2,11,12). The molecule has 0 fully saturated rings. The molecule has 0 atom stereocenters. The van der Waals surface area contributed by atoms with Gasteiger partial charge in [-0.25, -0.2) is 4.98 Å². The third-order valence-electron chi connectivity index (χ3n) is 1.99. The average molecular weight is 224 g/mol. The maximum absolute atomic E-state index is 5.73. The summed E-state index contributed by atoms with van der Waals surface area (Å²) in [6, 6.07) is 2.09. The van der Waals surface area contributed by atoms with Gasteiger partial charge in [-0.2, -0.15) is 11.3 Å². The van der Waals surface area contributed by atoms with Gasteiger partial charge in [-0.15, -0.1) is 11.3 Å². The zero-order valence-corrected chi connectivity index (χ0v) is 9.78. The lowest BCUT2D eigenvalue weighted by atomic mass is 10.1. The minimum atomic E-state index is 0.486. The highest BCUT2D eigenvalue weighted by Crippen LogP contribution is 2.35. The van der Waals surface area contributed by atoms with Crippen LogP contribution in [0.25, 0.3) is 11.3 Å². The summed E-state index contributed by atoms with van der Waals surface area (Å²) < 4.78 is 0. The summed E-state index contributed by atoms with van der Waals surface area (Å²) in [7, 11) is 0. The molecule has 0 aliphatic rings. The van der Waals surface area contributed by atoms with Crippen molar-refractivity contribution >= 4 is 27.8 Å². The van der Waals surface area contributed by atoms with Gasteiger partial charge in [0.05, 0.1) is 5.69 Å². The molecule has 2 N–H and O–H groups in total. The van der Waals surface area contributed by atoms with Crippen LogP contribution >= 0.6 is 22.7 Å². The molecular formula is C10H12N2S2. The molecule has 0 saturated heterocycles. The number of hydrogen-bond donors (Lipinski definition) is 1. The molecule has 4 heteroatoms. The molecule has 0 aromatic carbocycles. The van der Waals surface area contributed by atoms with Crippen LogP contribution in [-0.4, -0.2) is 4.98 Å². The van der Waals surface area contributed by atoms with E-state index in [1.165, 1.54) is 10.4 Å². The Morgan fingerprint density at radius 3 is 2.79 bits per heavy atom. The van der Waals surface area contributed by atoms with Crippen molar-refractivity contribution in [1.82, 2.24) is 4.98 Å². The van der Waals surface area contributed by atoms with E-state index in [1.54, 1.807) is 22.7 Å². The molecule has 0 bridgehead atoms. The van der Waals surface area contributed by atoms with Crippen LogP contribution in [0.15, 0.2) is 16.8 Å². The largest absolute Gasteiger partial charge is 0.375 e. The van der Waals surface area contributed by atoms with Gasteiger partial charge in [-0.3, -0.25) is 0 Å². The maximum atomic E-state index is 5.73.